The lowest BCUT2D eigenvalue weighted by atomic mass is 10.2. The highest BCUT2D eigenvalue weighted by Gasteiger charge is 2.18. The van der Waals surface area contributed by atoms with Gasteiger partial charge >= 0.3 is 0 Å². The first-order chi connectivity index (χ1) is 12.8. The van der Waals surface area contributed by atoms with Gasteiger partial charge in [0.2, 0.25) is 10.0 Å². The first-order valence-electron chi connectivity index (χ1n) is 8.04. The van der Waals surface area contributed by atoms with E-state index in [9.17, 15) is 13.2 Å². The number of nitrogens with zero attached hydrogens (tertiary/aromatic N) is 2. The van der Waals surface area contributed by atoms with Crippen LogP contribution in [0.4, 0.5) is 11.4 Å². The van der Waals surface area contributed by atoms with E-state index in [2.05, 4.69) is 5.32 Å². The topological polar surface area (TPSA) is 71.4 Å². The van der Waals surface area contributed by atoms with Crippen molar-refractivity contribution in [1.29, 1.82) is 0 Å². The minimum absolute atomic E-state index is 0.365. The number of halogens is 1. The molecule has 0 bridgehead atoms. The predicted octanol–water partition coefficient (Wildman–Crippen LogP) is 3.78. The van der Waals surface area contributed by atoms with E-state index in [4.69, 9.17) is 11.6 Å². The van der Waals surface area contributed by atoms with Gasteiger partial charge in [-0.2, -0.15) is 0 Å². The quantitative estimate of drug-likeness (QED) is 0.704. The molecule has 0 saturated carbocycles. The molecule has 0 spiro atoms. The minimum atomic E-state index is -3.50. The van der Waals surface area contributed by atoms with Crippen molar-refractivity contribution < 1.29 is 13.2 Å². The van der Waals surface area contributed by atoms with Gasteiger partial charge in [0.25, 0.3) is 5.91 Å². The average Bonchev–Trinajstić information content (AvgIpc) is 3.15. The Balaban J connectivity index is 2.04. The normalized spacial score (nSPS) is 11.2. The van der Waals surface area contributed by atoms with E-state index in [1.807, 2.05) is 29.1 Å². The molecular weight excluding hydrogens is 386 g/mol. The van der Waals surface area contributed by atoms with Crippen LogP contribution in [0.3, 0.4) is 0 Å². The molecule has 0 radical (unpaired) electrons. The summed E-state index contributed by atoms with van der Waals surface area (Å²) in [6, 6.07) is 15.4. The van der Waals surface area contributed by atoms with Crippen molar-refractivity contribution in [2.24, 2.45) is 0 Å². The van der Waals surface area contributed by atoms with Gasteiger partial charge in [0.05, 0.1) is 17.6 Å². The SMILES string of the molecule is CN(c1ccc(-n2cccc2)cc1NC(=O)c1cccc(Cl)c1)S(C)(=O)=O. The molecular formula is C19H18ClN3O3S. The summed E-state index contributed by atoms with van der Waals surface area (Å²) in [6.45, 7) is 0. The van der Waals surface area contributed by atoms with Gasteiger partial charge in [0.1, 0.15) is 0 Å². The lowest BCUT2D eigenvalue weighted by Crippen LogP contribution is -2.26. The van der Waals surface area contributed by atoms with E-state index >= 15 is 0 Å². The summed E-state index contributed by atoms with van der Waals surface area (Å²) in [6.07, 6.45) is 4.82. The van der Waals surface area contributed by atoms with E-state index in [1.165, 1.54) is 7.05 Å². The molecule has 8 heteroatoms. The number of nitrogens with one attached hydrogen (secondary N) is 1. The van der Waals surface area contributed by atoms with E-state index in [1.54, 1.807) is 42.5 Å². The van der Waals surface area contributed by atoms with Crippen molar-refractivity contribution >= 4 is 38.9 Å². The third-order valence-corrected chi connectivity index (χ3v) is 5.48. The second-order valence-electron chi connectivity index (χ2n) is 5.99. The number of benzene rings is 2. The first kappa shape index (κ1) is 19.0. The van der Waals surface area contributed by atoms with Crippen molar-refractivity contribution in [2.45, 2.75) is 0 Å². The van der Waals surface area contributed by atoms with Gasteiger partial charge in [-0.05, 0) is 48.5 Å². The van der Waals surface area contributed by atoms with Crippen LogP contribution in [0.2, 0.25) is 5.02 Å². The van der Waals surface area contributed by atoms with Crippen molar-refractivity contribution in [3.8, 4) is 5.69 Å². The van der Waals surface area contributed by atoms with Crippen LogP contribution in [0, 0.1) is 0 Å². The van der Waals surface area contributed by atoms with E-state index in [0.717, 1.165) is 16.2 Å². The van der Waals surface area contributed by atoms with E-state index in [0.29, 0.717) is 22.0 Å². The molecule has 0 unspecified atom stereocenters. The van der Waals surface area contributed by atoms with Crippen LogP contribution in [0.25, 0.3) is 5.69 Å². The highest BCUT2D eigenvalue weighted by Crippen LogP contribution is 2.30. The Morgan fingerprint density at radius 2 is 1.78 bits per heavy atom. The molecule has 0 aliphatic heterocycles. The van der Waals surface area contributed by atoms with Gasteiger partial charge < -0.3 is 9.88 Å². The fourth-order valence-electron chi connectivity index (χ4n) is 2.57. The van der Waals surface area contributed by atoms with Crippen molar-refractivity contribution in [3.63, 3.8) is 0 Å². The summed E-state index contributed by atoms with van der Waals surface area (Å²) in [5.41, 5.74) is 1.90. The fraction of sp³-hybridized carbons (Fsp3) is 0.105. The zero-order valence-corrected chi connectivity index (χ0v) is 16.3. The Morgan fingerprint density at radius 1 is 1.07 bits per heavy atom. The number of aromatic nitrogens is 1. The zero-order chi connectivity index (χ0) is 19.6. The largest absolute Gasteiger partial charge is 0.324 e. The summed E-state index contributed by atoms with van der Waals surface area (Å²) in [4.78, 5) is 12.6. The maximum atomic E-state index is 12.6. The summed E-state index contributed by atoms with van der Waals surface area (Å²) in [5, 5.41) is 3.23. The van der Waals surface area contributed by atoms with Crippen molar-refractivity contribution in [1.82, 2.24) is 4.57 Å². The van der Waals surface area contributed by atoms with Crippen LogP contribution in [0.15, 0.2) is 67.0 Å². The molecule has 0 aliphatic rings. The zero-order valence-electron chi connectivity index (χ0n) is 14.8. The number of rotatable bonds is 5. The van der Waals surface area contributed by atoms with Gasteiger partial charge in [-0.15, -0.1) is 0 Å². The monoisotopic (exact) mass is 403 g/mol. The molecule has 1 N–H and O–H groups in total. The van der Waals surface area contributed by atoms with Crippen LogP contribution in [-0.2, 0) is 10.0 Å². The van der Waals surface area contributed by atoms with Crippen LogP contribution in [-0.4, -0.2) is 32.2 Å². The molecule has 1 heterocycles. The highest BCUT2D eigenvalue weighted by molar-refractivity contribution is 7.92. The standard InChI is InChI=1S/C19H18ClN3O3S/c1-22(27(2,25)26)18-9-8-16(23-10-3-4-11-23)13-17(18)21-19(24)14-6-5-7-15(20)12-14/h3-13H,1-2H3,(H,21,24). The van der Waals surface area contributed by atoms with Gasteiger partial charge in [-0.25, -0.2) is 8.42 Å². The third kappa shape index (κ3) is 4.32. The molecule has 6 nitrogen and oxygen atoms in total. The molecule has 0 aliphatic carbocycles. The van der Waals surface area contributed by atoms with Crippen LogP contribution < -0.4 is 9.62 Å². The van der Waals surface area contributed by atoms with Gasteiger partial charge in [0.15, 0.2) is 0 Å². The average molecular weight is 404 g/mol. The number of amides is 1. The number of hydrogen-bond donors (Lipinski definition) is 1. The van der Waals surface area contributed by atoms with Crippen molar-refractivity contribution in [2.75, 3.05) is 22.9 Å². The van der Waals surface area contributed by atoms with Gasteiger partial charge in [0, 0.05) is 35.7 Å². The van der Waals surface area contributed by atoms with E-state index in [-0.39, 0.29) is 5.91 Å². The van der Waals surface area contributed by atoms with Gasteiger partial charge in [-0.1, -0.05) is 17.7 Å². The Hall–Kier alpha value is -2.77. The number of hydrogen-bond acceptors (Lipinski definition) is 3. The molecule has 3 rings (SSSR count). The molecule has 1 amide bonds. The summed E-state index contributed by atoms with van der Waals surface area (Å²) in [5.74, 6) is -0.384. The van der Waals surface area contributed by atoms with Gasteiger partial charge in [-0.3, -0.25) is 9.10 Å². The van der Waals surface area contributed by atoms with E-state index < -0.39 is 10.0 Å². The second-order valence-corrected chi connectivity index (χ2v) is 8.44. The Morgan fingerprint density at radius 3 is 2.41 bits per heavy atom. The summed E-state index contributed by atoms with van der Waals surface area (Å²) >= 11 is 5.96. The van der Waals surface area contributed by atoms with Crippen LogP contribution in [0.1, 0.15) is 10.4 Å². The molecule has 0 fully saturated rings. The highest BCUT2D eigenvalue weighted by atomic mass is 35.5. The maximum absolute atomic E-state index is 12.6. The third-order valence-electron chi connectivity index (χ3n) is 4.05. The van der Waals surface area contributed by atoms with Crippen LogP contribution in [0.5, 0.6) is 0 Å². The molecule has 27 heavy (non-hydrogen) atoms. The Bertz CT molecular complexity index is 1080. The second kappa shape index (κ2) is 7.46. The first-order valence-corrected chi connectivity index (χ1v) is 10.3. The number of carbonyl (C=O) groups is 1. The number of sulfonamides is 1. The minimum Gasteiger partial charge on any atom is -0.324 e. The summed E-state index contributed by atoms with van der Waals surface area (Å²) < 4.78 is 27.0. The summed E-state index contributed by atoms with van der Waals surface area (Å²) in [7, 11) is -2.06. The smallest absolute Gasteiger partial charge is 0.255 e. The number of carbonyl (C=O) groups excluding carboxylic acids is 1. The molecule has 0 saturated heterocycles. The Labute approximate surface area is 163 Å². The molecule has 140 valence electrons. The molecule has 1 aromatic heterocycles. The molecule has 3 aromatic rings. The van der Waals surface area contributed by atoms with Crippen molar-refractivity contribution in [3.05, 3.63) is 77.6 Å². The molecule has 2 aromatic carbocycles. The fourth-order valence-corrected chi connectivity index (χ4v) is 3.28. The van der Waals surface area contributed by atoms with Crippen LogP contribution >= 0.6 is 11.6 Å². The Kier molecular flexibility index (Phi) is 5.25. The maximum Gasteiger partial charge on any atom is 0.255 e. The lowest BCUT2D eigenvalue weighted by molar-refractivity contribution is 0.102. The predicted molar refractivity (Wildman–Crippen MR) is 108 cm³/mol. The number of anilines is 2. The lowest BCUT2D eigenvalue weighted by Gasteiger charge is -2.21. The molecule has 0 atom stereocenters.